The van der Waals surface area contributed by atoms with Gasteiger partial charge in [0.2, 0.25) is 11.8 Å². The minimum absolute atomic E-state index is 0.152. The monoisotopic (exact) mass is 371 g/mol. The van der Waals surface area contributed by atoms with Crippen LogP contribution in [0.2, 0.25) is 0 Å². The topological polar surface area (TPSA) is 79.0 Å². The van der Waals surface area contributed by atoms with Crippen molar-refractivity contribution >= 4 is 17.7 Å². The van der Waals surface area contributed by atoms with E-state index in [0.717, 1.165) is 43.8 Å². The first-order valence-electron chi connectivity index (χ1n) is 9.71. The average molecular weight is 371 g/mol. The van der Waals surface area contributed by atoms with Gasteiger partial charge in [0.25, 0.3) is 5.91 Å². The van der Waals surface area contributed by atoms with Crippen LogP contribution < -0.4 is 10.1 Å². The van der Waals surface area contributed by atoms with E-state index in [1.165, 1.54) is 0 Å². The number of ether oxygens (including phenoxy) is 1. The first-order valence-corrected chi connectivity index (χ1v) is 9.71. The summed E-state index contributed by atoms with van der Waals surface area (Å²) in [5.74, 6) is -0.0362. The van der Waals surface area contributed by atoms with Gasteiger partial charge in [0.1, 0.15) is 17.9 Å². The van der Waals surface area contributed by atoms with Crippen LogP contribution in [0.15, 0.2) is 18.2 Å². The molecule has 3 aliphatic heterocycles. The lowest BCUT2D eigenvalue weighted by Crippen LogP contribution is -2.52. The molecule has 144 valence electrons. The van der Waals surface area contributed by atoms with Crippen LogP contribution in [0.3, 0.4) is 0 Å². The molecule has 1 aromatic rings. The molecule has 7 nitrogen and oxygen atoms in total. The highest BCUT2D eigenvalue weighted by atomic mass is 16.5. The van der Waals surface area contributed by atoms with Crippen LogP contribution in [0, 0.1) is 0 Å². The first kappa shape index (κ1) is 18.0. The van der Waals surface area contributed by atoms with Crippen LogP contribution in [-0.4, -0.2) is 59.3 Å². The second-order valence-electron chi connectivity index (χ2n) is 7.49. The molecule has 3 amide bonds. The van der Waals surface area contributed by atoms with Gasteiger partial charge in [-0.1, -0.05) is 6.92 Å². The zero-order valence-electron chi connectivity index (χ0n) is 15.6. The number of amides is 3. The summed E-state index contributed by atoms with van der Waals surface area (Å²) in [6.45, 7) is 5.61. The van der Waals surface area contributed by atoms with Crippen molar-refractivity contribution in [2.24, 2.45) is 0 Å². The molecule has 1 aromatic carbocycles. The molecule has 0 aliphatic carbocycles. The van der Waals surface area contributed by atoms with Crippen molar-refractivity contribution < 1.29 is 19.1 Å². The quantitative estimate of drug-likeness (QED) is 0.808. The number of likely N-dealkylation sites (N-methyl/N-ethyl adjacent to an activating group) is 1. The van der Waals surface area contributed by atoms with E-state index < -0.39 is 6.04 Å². The van der Waals surface area contributed by atoms with Gasteiger partial charge in [0.15, 0.2) is 0 Å². The molecule has 0 saturated carbocycles. The molecular weight excluding hydrogens is 346 g/mol. The highest BCUT2D eigenvalue weighted by molar-refractivity contribution is 6.05. The Kier molecular flexibility index (Phi) is 4.86. The van der Waals surface area contributed by atoms with Crippen molar-refractivity contribution in [1.29, 1.82) is 0 Å². The van der Waals surface area contributed by atoms with Crippen LogP contribution >= 0.6 is 0 Å². The molecule has 3 aliphatic rings. The van der Waals surface area contributed by atoms with Crippen molar-refractivity contribution in [3.8, 4) is 5.75 Å². The number of likely N-dealkylation sites (tertiary alicyclic amines) is 1. The van der Waals surface area contributed by atoms with Crippen molar-refractivity contribution in [3.05, 3.63) is 29.3 Å². The normalized spacial score (nSPS) is 26.1. The summed E-state index contributed by atoms with van der Waals surface area (Å²) in [4.78, 5) is 40.1. The van der Waals surface area contributed by atoms with E-state index in [0.29, 0.717) is 18.5 Å². The van der Waals surface area contributed by atoms with E-state index in [2.05, 4.69) is 17.1 Å². The summed E-state index contributed by atoms with van der Waals surface area (Å²) in [5.41, 5.74) is 1.50. The van der Waals surface area contributed by atoms with Crippen LogP contribution in [0.1, 0.15) is 48.5 Å². The maximum atomic E-state index is 12.7. The van der Waals surface area contributed by atoms with Gasteiger partial charge in [0, 0.05) is 25.1 Å². The van der Waals surface area contributed by atoms with Gasteiger partial charge >= 0.3 is 0 Å². The third kappa shape index (κ3) is 3.56. The summed E-state index contributed by atoms with van der Waals surface area (Å²) in [6.07, 6.45) is 2.98. The minimum Gasteiger partial charge on any atom is -0.489 e. The van der Waals surface area contributed by atoms with Gasteiger partial charge in [-0.25, -0.2) is 0 Å². The first-order chi connectivity index (χ1) is 13.0. The average Bonchev–Trinajstić information content (AvgIpc) is 2.98. The number of hydrogen-bond acceptors (Lipinski definition) is 5. The van der Waals surface area contributed by atoms with Gasteiger partial charge in [-0.3, -0.25) is 24.6 Å². The molecule has 27 heavy (non-hydrogen) atoms. The summed E-state index contributed by atoms with van der Waals surface area (Å²) in [7, 11) is 0. The Morgan fingerprint density at radius 2 is 2.07 bits per heavy atom. The molecule has 2 saturated heterocycles. The molecule has 2 atom stereocenters. The number of nitrogens with one attached hydrogen (secondary N) is 1. The Morgan fingerprint density at radius 1 is 1.22 bits per heavy atom. The smallest absolute Gasteiger partial charge is 0.255 e. The molecule has 3 heterocycles. The zero-order chi connectivity index (χ0) is 19.0. The fraction of sp³-hybridized carbons (Fsp3) is 0.550. The molecular formula is C20H25N3O4. The maximum absolute atomic E-state index is 12.7. The Hall–Kier alpha value is -2.41. The molecule has 0 bridgehead atoms. The molecule has 4 rings (SSSR count). The predicted octanol–water partition coefficient (Wildman–Crippen LogP) is 1.31. The summed E-state index contributed by atoms with van der Waals surface area (Å²) in [6, 6.07) is 4.97. The van der Waals surface area contributed by atoms with Crippen molar-refractivity contribution in [1.82, 2.24) is 15.1 Å². The molecule has 0 radical (unpaired) electrons. The Labute approximate surface area is 158 Å². The van der Waals surface area contributed by atoms with Gasteiger partial charge in [0.05, 0.1) is 0 Å². The second kappa shape index (κ2) is 7.31. The second-order valence-corrected chi connectivity index (χ2v) is 7.49. The largest absolute Gasteiger partial charge is 0.489 e. The Bertz CT molecular complexity index is 778. The third-order valence-electron chi connectivity index (χ3n) is 5.71. The Morgan fingerprint density at radius 3 is 2.85 bits per heavy atom. The molecule has 2 fully saturated rings. The summed E-state index contributed by atoms with van der Waals surface area (Å²) < 4.78 is 6.17. The van der Waals surface area contributed by atoms with Crippen LogP contribution in [0.5, 0.6) is 5.75 Å². The highest BCUT2D eigenvalue weighted by Gasteiger charge is 2.39. The van der Waals surface area contributed by atoms with Crippen molar-refractivity contribution in [3.63, 3.8) is 0 Å². The summed E-state index contributed by atoms with van der Waals surface area (Å²) in [5, 5.41) is 2.33. The maximum Gasteiger partial charge on any atom is 0.255 e. The molecule has 0 aromatic heterocycles. The number of piperidine rings is 2. The van der Waals surface area contributed by atoms with Crippen molar-refractivity contribution in [2.45, 2.75) is 51.3 Å². The van der Waals surface area contributed by atoms with Crippen molar-refractivity contribution in [2.75, 3.05) is 19.6 Å². The number of benzene rings is 1. The standard InChI is InChI=1S/C20H25N3O4/c1-2-22-9-3-4-15(12-22)27-14-5-6-16-13(10-14)11-23(20(16)26)17-7-8-18(24)21-19(17)25/h5-6,10,15,17H,2-4,7-9,11-12H2,1H3,(H,21,24,25)/t15-,17?/m0/s1. The lowest BCUT2D eigenvalue weighted by atomic mass is 10.0. The van der Waals surface area contributed by atoms with Crippen LogP contribution in [0.25, 0.3) is 0 Å². The number of fused-ring (bicyclic) bond motifs is 1. The number of hydrogen-bond donors (Lipinski definition) is 1. The van der Waals surface area contributed by atoms with Crippen LogP contribution in [-0.2, 0) is 16.1 Å². The van der Waals surface area contributed by atoms with Gasteiger partial charge in [-0.2, -0.15) is 0 Å². The number of nitrogens with zero attached hydrogens (tertiary/aromatic N) is 2. The zero-order valence-corrected chi connectivity index (χ0v) is 15.6. The molecule has 1 unspecified atom stereocenters. The molecule has 0 spiro atoms. The van der Waals surface area contributed by atoms with Gasteiger partial charge in [-0.15, -0.1) is 0 Å². The number of carbonyl (C=O) groups excluding carboxylic acids is 3. The molecule has 7 heteroatoms. The van der Waals surface area contributed by atoms with E-state index in [1.807, 2.05) is 12.1 Å². The predicted molar refractivity (Wildman–Crippen MR) is 98.3 cm³/mol. The SMILES string of the molecule is CCN1CCC[C@H](Oc2ccc3c(c2)CN(C2CCC(=O)NC2=O)C3=O)C1. The van der Waals surface area contributed by atoms with Gasteiger partial charge in [-0.05, 0) is 56.1 Å². The van der Waals surface area contributed by atoms with E-state index in [1.54, 1.807) is 11.0 Å². The number of rotatable bonds is 4. The van der Waals surface area contributed by atoms with E-state index in [4.69, 9.17) is 4.74 Å². The number of imide groups is 1. The van der Waals surface area contributed by atoms with E-state index in [-0.39, 0.29) is 30.2 Å². The lowest BCUT2D eigenvalue weighted by Gasteiger charge is -2.32. The number of carbonyl (C=O) groups is 3. The fourth-order valence-electron chi connectivity index (χ4n) is 4.21. The minimum atomic E-state index is -0.580. The van der Waals surface area contributed by atoms with Gasteiger partial charge < -0.3 is 9.64 Å². The summed E-state index contributed by atoms with van der Waals surface area (Å²) >= 11 is 0. The lowest BCUT2D eigenvalue weighted by molar-refractivity contribution is -0.136. The fourth-order valence-corrected chi connectivity index (χ4v) is 4.21. The van der Waals surface area contributed by atoms with E-state index >= 15 is 0 Å². The third-order valence-corrected chi connectivity index (χ3v) is 5.71. The molecule has 1 N–H and O–H groups in total. The Balaban J connectivity index is 1.46. The highest BCUT2D eigenvalue weighted by Crippen LogP contribution is 2.31. The van der Waals surface area contributed by atoms with E-state index in [9.17, 15) is 14.4 Å². The van der Waals surface area contributed by atoms with Crippen LogP contribution in [0.4, 0.5) is 0 Å².